The molecule has 1 aromatic carbocycles. The van der Waals surface area contributed by atoms with Crippen molar-refractivity contribution in [2.24, 2.45) is 0 Å². The van der Waals surface area contributed by atoms with E-state index in [0.717, 1.165) is 13.0 Å². The smallest absolute Gasteiger partial charge is 0.416 e. The lowest BCUT2D eigenvalue weighted by molar-refractivity contribution is -0.138. The van der Waals surface area contributed by atoms with Crippen LogP contribution in [-0.2, 0) is 6.18 Å². The highest BCUT2D eigenvalue weighted by Gasteiger charge is 2.36. The van der Waals surface area contributed by atoms with Gasteiger partial charge in [0.05, 0.1) is 10.6 Å². The van der Waals surface area contributed by atoms with Gasteiger partial charge in [-0.25, -0.2) is 0 Å². The minimum atomic E-state index is -4.48. The quantitative estimate of drug-likeness (QED) is 0.824. The molecular weight excluding hydrogens is 267 g/mol. The molecule has 1 fully saturated rings. The average Bonchev–Trinajstić information content (AvgIpc) is 2.32. The van der Waals surface area contributed by atoms with Gasteiger partial charge in [0.25, 0.3) is 0 Å². The number of hydrogen-bond donors (Lipinski definition) is 2. The number of alkyl halides is 3. The van der Waals surface area contributed by atoms with Crippen LogP contribution in [0.25, 0.3) is 0 Å². The molecule has 1 atom stereocenters. The summed E-state index contributed by atoms with van der Waals surface area (Å²) in [6.07, 6.45) is -2.95. The van der Waals surface area contributed by atoms with Crippen LogP contribution in [0, 0.1) is 0 Å². The molecule has 18 heavy (non-hydrogen) atoms. The van der Waals surface area contributed by atoms with E-state index in [2.05, 4.69) is 5.32 Å². The lowest BCUT2D eigenvalue weighted by Crippen LogP contribution is -2.29. The highest BCUT2D eigenvalue weighted by molar-refractivity contribution is 6.32. The first-order chi connectivity index (χ1) is 8.39. The van der Waals surface area contributed by atoms with Gasteiger partial charge in [-0.1, -0.05) is 11.6 Å². The lowest BCUT2D eigenvalue weighted by Gasteiger charge is -2.26. The fraction of sp³-hybridized carbons (Fsp3) is 0.500. The number of benzene rings is 1. The number of aromatic hydroxyl groups is 1. The van der Waals surface area contributed by atoms with E-state index >= 15 is 0 Å². The third-order valence-electron chi connectivity index (χ3n) is 3.16. The number of halogens is 4. The summed E-state index contributed by atoms with van der Waals surface area (Å²) >= 11 is 5.72. The van der Waals surface area contributed by atoms with Crippen LogP contribution in [0.1, 0.15) is 29.9 Å². The standard InChI is InChI=1S/C12H13ClF3NO/c13-10-4-8(7-2-1-3-17-6-7)9(5-11(10)18)12(14,15)16/h4-5,7,17-18H,1-3,6H2. The molecule has 0 amide bonds. The first kappa shape index (κ1) is 13.5. The summed E-state index contributed by atoms with van der Waals surface area (Å²) in [6, 6.07) is 1.95. The van der Waals surface area contributed by atoms with Gasteiger partial charge in [0.2, 0.25) is 0 Å². The Morgan fingerprint density at radius 2 is 2.06 bits per heavy atom. The maximum atomic E-state index is 12.9. The molecule has 100 valence electrons. The van der Waals surface area contributed by atoms with E-state index in [0.29, 0.717) is 19.0 Å². The molecule has 6 heteroatoms. The normalized spacial score (nSPS) is 21.0. The summed E-state index contributed by atoms with van der Waals surface area (Å²) < 4.78 is 38.8. The number of phenols is 1. The van der Waals surface area contributed by atoms with Crippen molar-refractivity contribution in [3.63, 3.8) is 0 Å². The van der Waals surface area contributed by atoms with Gasteiger partial charge in [-0.15, -0.1) is 0 Å². The van der Waals surface area contributed by atoms with Crippen molar-refractivity contribution in [3.05, 3.63) is 28.3 Å². The Hall–Kier alpha value is -0.940. The molecule has 2 nitrogen and oxygen atoms in total. The van der Waals surface area contributed by atoms with E-state index in [1.54, 1.807) is 0 Å². The molecule has 0 radical (unpaired) electrons. The second-order valence-corrected chi connectivity index (χ2v) is 4.84. The van der Waals surface area contributed by atoms with E-state index < -0.39 is 17.5 Å². The van der Waals surface area contributed by atoms with Gasteiger partial charge in [-0.2, -0.15) is 13.2 Å². The highest BCUT2D eigenvalue weighted by Crippen LogP contribution is 2.41. The third kappa shape index (κ3) is 2.72. The van der Waals surface area contributed by atoms with Gasteiger partial charge in [0.15, 0.2) is 0 Å². The maximum Gasteiger partial charge on any atom is 0.416 e. The number of piperidine rings is 1. The summed E-state index contributed by atoms with van der Waals surface area (Å²) in [7, 11) is 0. The van der Waals surface area contributed by atoms with Crippen molar-refractivity contribution in [2.75, 3.05) is 13.1 Å². The van der Waals surface area contributed by atoms with E-state index in [9.17, 15) is 18.3 Å². The second kappa shape index (κ2) is 4.97. The zero-order chi connectivity index (χ0) is 13.3. The summed E-state index contributed by atoms with van der Waals surface area (Å²) in [4.78, 5) is 0. The first-order valence-electron chi connectivity index (χ1n) is 5.70. The van der Waals surface area contributed by atoms with Crippen LogP contribution in [0.2, 0.25) is 5.02 Å². The molecule has 2 rings (SSSR count). The van der Waals surface area contributed by atoms with E-state index in [1.165, 1.54) is 6.07 Å². The van der Waals surface area contributed by atoms with Gasteiger partial charge < -0.3 is 10.4 Å². The predicted molar refractivity (Wildman–Crippen MR) is 63.0 cm³/mol. The molecule has 0 bridgehead atoms. The first-order valence-corrected chi connectivity index (χ1v) is 6.07. The van der Waals surface area contributed by atoms with Gasteiger partial charge in [0.1, 0.15) is 5.75 Å². The SMILES string of the molecule is Oc1cc(C(F)(F)F)c(C2CCCNC2)cc1Cl. The second-order valence-electron chi connectivity index (χ2n) is 4.43. The summed E-state index contributed by atoms with van der Waals surface area (Å²) in [5.41, 5.74) is -0.629. The highest BCUT2D eigenvalue weighted by atomic mass is 35.5. The molecule has 2 N–H and O–H groups in total. The molecule has 1 saturated heterocycles. The summed E-state index contributed by atoms with van der Waals surface area (Å²) in [5, 5.41) is 12.4. The van der Waals surface area contributed by atoms with Crippen LogP contribution >= 0.6 is 11.6 Å². The molecule has 1 heterocycles. The Labute approximate surface area is 108 Å². The molecule has 0 aromatic heterocycles. The maximum absolute atomic E-state index is 12.9. The van der Waals surface area contributed by atoms with Crippen LogP contribution in [0.4, 0.5) is 13.2 Å². The number of phenolic OH excluding ortho intramolecular Hbond substituents is 1. The molecule has 1 aliphatic rings. The largest absolute Gasteiger partial charge is 0.506 e. The zero-order valence-corrected chi connectivity index (χ0v) is 10.3. The molecule has 0 aliphatic carbocycles. The number of nitrogens with one attached hydrogen (secondary N) is 1. The van der Waals surface area contributed by atoms with Gasteiger partial charge >= 0.3 is 6.18 Å². The fourth-order valence-corrected chi connectivity index (χ4v) is 2.45. The van der Waals surface area contributed by atoms with Gasteiger partial charge in [-0.05, 0) is 43.0 Å². The van der Waals surface area contributed by atoms with Crippen molar-refractivity contribution >= 4 is 11.6 Å². The molecular formula is C12H13ClF3NO. The van der Waals surface area contributed by atoms with Crippen LogP contribution in [0.15, 0.2) is 12.1 Å². The Kier molecular flexibility index (Phi) is 3.73. The Morgan fingerprint density at radius 3 is 2.61 bits per heavy atom. The number of hydrogen-bond acceptors (Lipinski definition) is 2. The topological polar surface area (TPSA) is 32.3 Å². The van der Waals surface area contributed by atoms with Crippen molar-refractivity contribution in [3.8, 4) is 5.75 Å². The van der Waals surface area contributed by atoms with Crippen molar-refractivity contribution in [1.29, 1.82) is 0 Å². The molecule has 0 spiro atoms. The van der Waals surface area contributed by atoms with Crippen LogP contribution in [0.5, 0.6) is 5.75 Å². The summed E-state index contributed by atoms with van der Waals surface area (Å²) in [5.74, 6) is -0.745. The lowest BCUT2D eigenvalue weighted by atomic mass is 9.88. The summed E-state index contributed by atoms with van der Waals surface area (Å²) in [6.45, 7) is 1.33. The Morgan fingerprint density at radius 1 is 1.33 bits per heavy atom. The van der Waals surface area contributed by atoms with E-state index in [-0.39, 0.29) is 16.5 Å². The minimum Gasteiger partial charge on any atom is -0.506 e. The average molecular weight is 280 g/mol. The Bertz CT molecular complexity index is 442. The van der Waals surface area contributed by atoms with Gasteiger partial charge in [0, 0.05) is 6.54 Å². The predicted octanol–water partition coefficient (Wildman–Crippen LogP) is 3.53. The molecule has 1 unspecified atom stereocenters. The van der Waals surface area contributed by atoms with E-state index in [1.807, 2.05) is 0 Å². The monoisotopic (exact) mass is 279 g/mol. The van der Waals surface area contributed by atoms with Gasteiger partial charge in [-0.3, -0.25) is 0 Å². The zero-order valence-electron chi connectivity index (χ0n) is 9.52. The van der Waals surface area contributed by atoms with Crippen LogP contribution in [-0.4, -0.2) is 18.2 Å². The molecule has 1 aromatic rings. The van der Waals surface area contributed by atoms with Crippen molar-refractivity contribution < 1.29 is 18.3 Å². The van der Waals surface area contributed by atoms with Crippen LogP contribution in [0.3, 0.4) is 0 Å². The molecule has 0 saturated carbocycles. The van der Waals surface area contributed by atoms with Crippen molar-refractivity contribution in [1.82, 2.24) is 5.32 Å². The minimum absolute atomic E-state index is 0.0384. The number of rotatable bonds is 1. The van der Waals surface area contributed by atoms with Crippen molar-refractivity contribution in [2.45, 2.75) is 24.9 Å². The van der Waals surface area contributed by atoms with E-state index in [4.69, 9.17) is 11.6 Å². The third-order valence-corrected chi connectivity index (χ3v) is 3.46. The Balaban J connectivity index is 2.46. The molecule has 1 aliphatic heterocycles. The fourth-order valence-electron chi connectivity index (χ4n) is 2.28. The van der Waals surface area contributed by atoms with Crippen LogP contribution < -0.4 is 5.32 Å².